The zero-order chi connectivity index (χ0) is 13.7. The Labute approximate surface area is 120 Å². The molecule has 0 bridgehead atoms. The van der Waals surface area contributed by atoms with Gasteiger partial charge in [-0.2, -0.15) is 0 Å². The second kappa shape index (κ2) is 4.30. The Balaban J connectivity index is 1.93. The third kappa shape index (κ3) is 1.59. The summed E-state index contributed by atoms with van der Waals surface area (Å²) in [6.45, 7) is 3.53. The van der Waals surface area contributed by atoms with Crippen LogP contribution in [0.4, 0.5) is 11.4 Å². The number of rotatable bonds is 0. The Kier molecular flexibility index (Phi) is 2.56. The molecule has 1 saturated heterocycles. The lowest BCUT2D eigenvalue weighted by Crippen LogP contribution is -2.36. The van der Waals surface area contributed by atoms with Crippen molar-refractivity contribution in [2.45, 2.75) is 25.8 Å². The summed E-state index contributed by atoms with van der Waals surface area (Å²) in [6.07, 6.45) is 4.70. The molecule has 4 rings (SSSR count). The molecule has 0 radical (unpaired) electrons. The molecular weight excluding hydrogens is 246 g/mol. The molecule has 1 aromatic carbocycles. The molecule has 2 aromatic rings. The Hall–Kier alpha value is -1.90. The average molecular weight is 267 g/mol. The Morgan fingerprint density at radius 2 is 1.85 bits per heavy atom. The van der Waals surface area contributed by atoms with Crippen LogP contribution in [-0.2, 0) is 0 Å². The maximum absolute atomic E-state index is 2.60. The molecule has 0 spiro atoms. The van der Waals surface area contributed by atoms with Gasteiger partial charge in [-0.05, 0) is 43.0 Å². The van der Waals surface area contributed by atoms with Gasteiger partial charge in [0.25, 0.3) is 0 Å². The molecule has 2 aliphatic rings. The lowest BCUT2D eigenvalue weighted by molar-refractivity contribution is 0.362. The van der Waals surface area contributed by atoms with Crippen molar-refractivity contribution in [3.05, 3.63) is 48.3 Å². The average Bonchev–Trinajstić information content (AvgIpc) is 2.92. The molecule has 1 aromatic heterocycles. The van der Waals surface area contributed by atoms with Gasteiger partial charge in [-0.1, -0.05) is 19.1 Å². The zero-order valence-corrected chi connectivity index (χ0v) is 12.2. The van der Waals surface area contributed by atoms with Crippen molar-refractivity contribution in [1.82, 2.24) is 4.68 Å². The molecule has 3 heterocycles. The van der Waals surface area contributed by atoms with E-state index in [1.165, 1.54) is 29.9 Å². The predicted molar refractivity (Wildman–Crippen MR) is 83.2 cm³/mol. The monoisotopic (exact) mass is 267 g/mol. The van der Waals surface area contributed by atoms with Crippen LogP contribution in [0.2, 0.25) is 0 Å². The molecule has 0 N–H and O–H groups in total. The van der Waals surface area contributed by atoms with Gasteiger partial charge in [0.05, 0.1) is 23.1 Å². The molecule has 1 fully saturated rings. The van der Waals surface area contributed by atoms with Gasteiger partial charge < -0.3 is 4.90 Å². The quantitative estimate of drug-likeness (QED) is 0.721. The standard InChI is InChI=1S/C17H21N3/c1-13-9-11-19-15-7-4-3-6-14(15)18(2)20-10-5-8-16(20)17(19)12-13/h3-8,10,13,17H,9,11-12H2,1-2H3. The number of piperidine rings is 1. The molecule has 2 aliphatic heterocycles. The highest BCUT2D eigenvalue weighted by molar-refractivity contribution is 5.73. The van der Waals surface area contributed by atoms with Crippen molar-refractivity contribution in [3.63, 3.8) is 0 Å². The summed E-state index contributed by atoms with van der Waals surface area (Å²) in [5, 5.41) is 2.27. The first kappa shape index (κ1) is 11.9. The SMILES string of the molecule is CC1CCN2c3ccccc3N(C)n3cccc3C2C1. The lowest BCUT2D eigenvalue weighted by Gasteiger charge is -2.39. The van der Waals surface area contributed by atoms with Gasteiger partial charge in [0.15, 0.2) is 0 Å². The Bertz CT molecular complexity index is 631. The second-order valence-corrected chi connectivity index (χ2v) is 6.13. The van der Waals surface area contributed by atoms with Crippen molar-refractivity contribution in [1.29, 1.82) is 0 Å². The van der Waals surface area contributed by atoms with Gasteiger partial charge in [-0.25, -0.2) is 0 Å². The van der Waals surface area contributed by atoms with E-state index in [1.54, 1.807) is 0 Å². The van der Waals surface area contributed by atoms with Crippen LogP contribution in [0.25, 0.3) is 0 Å². The van der Waals surface area contributed by atoms with E-state index in [1.807, 2.05) is 0 Å². The van der Waals surface area contributed by atoms with Crippen LogP contribution in [-0.4, -0.2) is 18.3 Å². The van der Waals surface area contributed by atoms with Crippen molar-refractivity contribution >= 4 is 11.4 Å². The van der Waals surface area contributed by atoms with Crippen LogP contribution < -0.4 is 9.91 Å². The molecular formula is C17H21N3. The molecule has 0 saturated carbocycles. The lowest BCUT2D eigenvalue weighted by atomic mass is 9.90. The van der Waals surface area contributed by atoms with Crippen LogP contribution in [0, 0.1) is 5.92 Å². The van der Waals surface area contributed by atoms with Crippen LogP contribution in [0.3, 0.4) is 0 Å². The van der Waals surface area contributed by atoms with Gasteiger partial charge in [-0.15, -0.1) is 0 Å². The van der Waals surface area contributed by atoms with E-state index in [0.717, 1.165) is 12.5 Å². The third-order valence-corrected chi connectivity index (χ3v) is 4.83. The first-order valence-corrected chi connectivity index (χ1v) is 7.52. The van der Waals surface area contributed by atoms with Crippen LogP contribution in [0.5, 0.6) is 0 Å². The second-order valence-electron chi connectivity index (χ2n) is 6.13. The van der Waals surface area contributed by atoms with E-state index in [2.05, 4.69) is 71.2 Å². The number of aromatic nitrogens is 1. The number of para-hydroxylation sites is 2. The number of anilines is 2. The van der Waals surface area contributed by atoms with E-state index in [0.29, 0.717) is 6.04 Å². The first-order valence-electron chi connectivity index (χ1n) is 7.52. The predicted octanol–water partition coefficient (Wildman–Crippen LogP) is 3.68. The fourth-order valence-corrected chi connectivity index (χ4v) is 3.73. The number of nitrogens with zero attached hydrogens (tertiary/aromatic N) is 3. The minimum atomic E-state index is 0.500. The van der Waals surface area contributed by atoms with E-state index in [4.69, 9.17) is 0 Å². The molecule has 2 atom stereocenters. The number of hydrogen-bond donors (Lipinski definition) is 0. The van der Waals surface area contributed by atoms with Crippen LogP contribution >= 0.6 is 0 Å². The summed E-state index contributed by atoms with van der Waals surface area (Å²) < 4.78 is 2.31. The van der Waals surface area contributed by atoms with Crippen molar-refractivity contribution in [3.8, 4) is 0 Å². The highest BCUT2D eigenvalue weighted by Crippen LogP contribution is 2.44. The van der Waals surface area contributed by atoms with Crippen molar-refractivity contribution in [2.75, 3.05) is 23.5 Å². The van der Waals surface area contributed by atoms with Gasteiger partial charge >= 0.3 is 0 Å². The van der Waals surface area contributed by atoms with Crippen LogP contribution in [0.1, 0.15) is 31.5 Å². The zero-order valence-electron chi connectivity index (χ0n) is 12.2. The molecule has 3 heteroatoms. The maximum Gasteiger partial charge on any atom is 0.0808 e. The van der Waals surface area contributed by atoms with Crippen molar-refractivity contribution in [2.24, 2.45) is 5.92 Å². The molecule has 20 heavy (non-hydrogen) atoms. The molecule has 104 valence electrons. The topological polar surface area (TPSA) is 11.4 Å². The van der Waals surface area contributed by atoms with E-state index < -0.39 is 0 Å². The molecule has 2 unspecified atom stereocenters. The maximum atomic E-state index is 2.60. The smallest absolute Gasteiger partial charge is 0.0808 e. The Morgan fingerprint density at radius 1 is 1.05 bits per heavy atom. The van der Waals surface area contributed by atoms with Gasteiger partial charge in [-0.3, -0.25) is 9.69 Å². The van der Waals surface area contributed by atoms with E-state index in [9.17, 15) is 0 Å². The summed E-state index contributed by atoms with van der Waals surface area (Å²) in [5.41, 5.74) is 4.08. The molecule has 3 nitrogen and oxygen atoms in total. The summed E-state index contributed by atoms with van der Waals surface area (Å²) in [5.74, 6) is 0.801. The molecule has 0 aliphatic carbocycles. The van der Waals surface area contributed by atoms with Crippen molar-refractivity contribution < 1.29 is 0 Å². The van der Waals surface area contributed by atoms with Gasteiger partial charge in [0.1, 0.15) is 0 Å². The summed E-state index contributed by atoms with van der Waals surface area (Å²) in [7, 11) is 2.16. The number of benzene rings is 1. The number of fused-ring (bicyclic) bond motifs is 5. The summed E-state index contributed by atoms with van der Waals surface area (Å²) >= 11 is 0. The fraction of sp³-hybridized carbons (Fsp3) is 0.412. The van der Waals surface area contributed by atoms with E-state index in [-0.39, 0.29) is 0 Å². The highest BCUT2D eigenvalue weighted by Gasteiger charge is 2.34. The number of hydrogen-bond acceptors (Lipinski definition) is 2. The Morgan fingerprint density at radius 3 is 2.70 bits per heavy atom. The summed E-state index contributed by atoms with van der Waals surface area (Å²) in [4.78, 5) is 2.60. The highest BCUT2D eigenvalue weighted by atomic mass is 15.6. The van der Waals surface area contributed by atoms with Gasteiger partial charge in [0.2, 0.25) is 0 Å². The minimum absolute atomic E-state index is 0.500. The van der Waals surface area contributed by atoms with Crippen LogP contribution in [0.15, 0.2) is 42.6 Å². The molecule has 0 amide bonds. The summed E-state index contributed by atoms with van der Waals surface area (Å²) in [6, 6.07) is 13.7. The first-order chi connectivity index (χ1) is 9.75. The largest absolute Gasteiger partial charge is 0.361 e. The normalized spacial score (nSPS) is 24.7. The third-order valence-electron chi connectivity index (χ3n) is 4.83. The minimum Gasteiger partial charge on any atom is -0.361 e. The fourth-order valence-electron chi connectivity index (χ4n) is 3.73. The van der Waals surface area contributed by atoms with E-state index >= 15 is 0 Å². The van der Waals surface area contributed by atoms with Gasteiger partial charge in [0, 0.05) is 19.8 Å².